The van der Waals surface area contributed by atoms with E-state index in [2.05, 4.69) is 0 Å². The van der Waals surface area contributed by atoms with Crippen LogP contribution in [0.25, 0.3) is 0 Å². The Balaban J connectivity index is 0. The van der Waals surface area contributed by atoms with Gasteiger partial charge in [-0.3, -0.25) is 0 Å². The van der Waals surface area contributed by atoms with Crippen LogP contribution in [0.15, 0.2) is 0 Å². The Bertz CT molecular complexity index is 8.00. The van der Waals surface area contributed by atoms with Gasteiger partial charge in [0.1, 0.15) is 0 Å². The van der Waals surface area contributed by atoms with E-state index in [0.717, 1.165) is 0 Å². The van der Waals surface area contributed by atoms with Crippen molar-refractivity contribution in [3.63, 3.8) is 0 Å². The third kappa shape index (κ3) is 9.60. The molecule has 7 radical (unpaired) electrons. The van der Waals surface area contributed by atoms with E-state index in [9.17, 15) is 0 Å². The molecule has 0 rings (SSSR count). The Labute approximate surface area is 130 Å². The van der Waals surface area contributed by atoms with Gasteiger partial charge in [0.15, 0.2) is 0 Å². The Hall–Kier alpha value is 4.34. The summed E-state index contributed by atoms with van der Waals surface area (Å²) in [6, 6.07) is 0. The minimum atomic E-state index is 0. The average Bonchev–Trinajstić information content (AvgIpc) is 0. The maximum absolute atomic E-state index is 0. The Morgan fingerprint density at radius 2 is 1.00 bits per heavy atom. The molecule has 0 aromatic carbocycles. The molecule has 0 aromatic rings. The minimum Gasteiger partial charge on any atom is 0 e. The van der Waals surface area contributed by atoms with E-state index in [1.165, 1.54) is 0 Å². The molecule has 0 heterocycles. The van der Waals surface area contributed by atoms with Gasteiger partial charge >= 0.3 is 0 Å². The fourth-order valence-electron chi connectivity index (χ4n) is 0. The first-order chi connectivity index (χ1) is 0. The zero-order valence-electron chi connectivity index (χ0n) is 2.50. The van der Waals surface area contributed by atoms with Gasteiger partial charge in [-0.2, -0.15) is 0 Å². The van der Waals surface area contributed by atoms with E-state index < -0.39 is 0 Å². The second kappa shape index (κ2) is 15.7. The summed E-state index contributed by atoms with van der Waals surface area (Å²) in [6.45, 7) is 0. The van der Waals surface area contributed by atoms with Crippen LogP contribution in [-0.4, -0.2) is 117 Å². The van der Waals surface area contributed by atoms with Crippen molar-refractivity contribution in [1.29, 1.82) is 0 Å². The standard InChI is InChI=1S/Ba.Mg.Mn.Sr. The van der Waals surface area contributed by atoms with Crippen molar-refractivity contribution in [2.24, 2.45) is 0 Å². The summed E-state index contributed by atoms with van der Waals surface area (Å²) in [5, 5.41) is 0. The van der Waals surface area contributed by atoms with Crippen LogP contribution in [0.1, 0.15) is 0 Å². The molecule has 0 atom stereocenters. The quantitative estimate of drug-likeness (QED) is 0.496. The molecular formula is BaMgMnSr. The number of hydrogen-bond donors (Lipinski definition) is 0. The van der Waals surface area contributed by atoms with Gasteiger partial charge in [0.05, 0.1) is 0 Å². The summed E-state index contributed by atoms with van der Waals surface area (Å²) >= 11 is 0. The molecule has 0 unspecified atom stereocenters. The first-order valence-corrected chi connectivity index (χ1v) is 0. The number of rotatable bonds is 0. The van der Waals surface area contributed by atoms with Crippen molar-refractivity contribution in [3.05, 3.63) is 0 Å². The number of hydrogen-bond acceptors (Lipinski definition) is 0. The van der Waals surface area contributed by atoms with Crippen LogP contribution >= 0.6 is 0 Å². The van der Waals surface area contributed by atoms with Gasteiger partial charge in [-0.05, 0) is 0 Å². The molecule has 0 saturated carbocycles. The molecule has 0 aliphatic carbocycles. The molecule has 0 amide bonds. The fourth-order valence-corrected chi connectivity index (χ4v) is 0. The van der Waals surface area contributed by atoms with Crippen molar-refractivity contribution < 1.29 is 17.1 Å². The zero-order chi connectivity index (χ0) is 0. The molecule has 13 valence electrons. The molecule has 0 fully saturated rings. The summed E-state index contributed by atoms with van der Waals surface area (Å²) in [4.78, 5) is 0. The van der Waals surface area contributed by atoms with Crippen molar-refractivity contribution in [2.75, 3.05) is 0 Å². The molecule has 0 aromatic heterocycles. The van der Waals surface area contributed by atoms with Gasteiger partial charge in [-0.1, -0.05) is 0 Å². The molecule has 0 aliphatic rings. The van der Waals surface area contributed by atoms with Crippen molar-refractivity contribution >= 4 is 117 Å². The normalized spacial score (nSPS) is 0. The van der Waals surface area contributed by atoms with Crippen LogP contribution in [0.4, 0.5) is 0 Å². The van der Waals surface area contributed by atoms with Gasteiger partial charge in [-0.15, -0.1) is 0 Å². The van der Waals surface area contributed by atoms with E-state index in [1.54, 1.807) is 0 Å². The Morgan fingerprint density at radius 3 is 1.00 bits per heavy atom. The average molecular weight is 304 g/mol. The fraction of sp³-hybridized carbons (Fsp3) is 0. The second-order valence-electron chi connectivity index (χ2n) is 0. The predicted octanol–water partition coefficient (Wildman–Crippen LogP) is -1.14. The van der Waals surface area contributed by atoms with E-state index in [0.29, 0.717) is 0 Å². The molecule has 0 aliphatic heterocycles. The summed E-state index contributed by atoms with van der Waals surface area (Å²) in [5.41, 5.74) is 0. The molecule has 0 nitrogen and oxygen atoms in total. The Kier molecular flexibility index (Phi) is 93.4. The molecule has 0 N–H and O–H groups in total. The van der Waals surface area contributed by atoms with Crippen molar-refractivity contribution in [3.8, 4) is 0 Å². The van der Waals surface area contributed by atoms with Crippen LogP contribution < -0.4 is 0 Å². The molecular weight excluding hydrogens is 304 g/mol. The Morgan fingerprint density at radius 1 is 1.00 bits per heavy atom. The van der Waals surface area contributed by atoms with E-state index in [4.69, 9.17) is 0 Å². The maximum atomic E-state index is 0. The third-order valence-corrected chi connectivity index (χ3v) is 0. The molecule has 4 heteroatoms. The van der Waals surface area contributed by atoms with Crippen LogP contribution in [0.2, 0.25) is 0 Å². The molecule has 4 heavy (non-hydrogen) atoms. The first-order valence-electron chi connectivity index (χ1n) is 0. The summed E-state index contributed by atoms with van der Waals surface area (Å²) in [6.07, 6.45) is 0. The third-order valence-electron chi connectivity index (χ3n) is 0. The van der Waals surface area contributed by atoms with Crippen molar-refractivity contribution in [1.82, 2.24) is 0 Å². The topological polar surface area (TPSA) is 0 Å². The maximum Gasteiger partial charge on any atom is 0 e. The van der Waals surface area contributed by atoms with Crippen LogP contribution in [0, 0.1) is 0 Å². The van der Waals surface area contributed by atoms with Gasteiger partial charge in [-0.25, -0.2) is 0 Å². The predicted molar refractivity (Wildman–Crippen MR) is 17.3 cm³/mol. The molecule has 0 saturated heterocycles. The minimum absolute atomic E-state index is 0. The van der Waals surface area contributed by atoms with Gasteiger partial charge < -0.3 is 0 Å². The summed E-state index contributed by atoms with van der Waals surface area (Å²) in [5.74, 6) is 0. The van der Waals surface area contributed by atoms with Crippen LogP contribution in [0.5, 0.6) is 0 Å². The first kappa shape index (κ1) is 23.9. The van der Waals surface area contributed by atoms with E-state index in [-0.39, 0.29) is 134 Å². The smallest absolute Gasteiger partial charge is 0 e. The zero-order valence-corrected chi connectivity index (χ0v) is 13.0. The van der Waals surface area contributed by atoms with Crippen molar-refractivity contribution in [2.45, 2.75) is 0 Å². The van der Waals surface area contributed by atoms with Crippen LogP contribution in [-0.2, 0) is 17.1 Å². The second-order valence-corrected chi connectivity index (χ2v) is 0. The largest absolute Gasteiger partial charge is 0 e. The van der Waals surface area contributed by atoms with Gasteiger partial charge in [0.25, 0.3) is 0 Å². The SMILES string of the molecule is [Ba].[Mg].[Mn].[Sr]. The van der Waals surface area contributed by atoms with E-state index in [1.807, 2.05) is 0 Å². The van der Waals surface area contributed by atoms with E-state index >= 15 is 0 Å². The summed E-state index contributed by atoms with van der Waals surface area (Å²) in [7, 11) is 0. The van der Waals surface area contributed by atoms with Gasteiger partial charge in [0.2, 0.25) is 0 Å². The van der Waals surface area contributed by atoms with Crippen LogP contribution in [0.3, 0.4) is 0 Å². The monoisotopic (exact) mass is 305 g/mol. The van der Waals surface area contributed by atoms with Gasteiger partial charge in [0, 0.05) is 134 Å². The summed E-state index contributed by atoms with van der Waals surface area (Å²) < 4.78 is 0. The molecule has 0 bridgehead atoms. The molecule has 0 spiro atoms.